The summed E-state index contributed by atoms with van der Waals surface area (Å²) in [6.45, 7) is 15.7. The number of likely N-dealkylation sites (tertiary alicyclic amines) is 1. The van der Waals surface area contributed by atoms with Gasteiger partial charge < -0.3 is 5.32 Å². The van der Waals surface area contributed by atoms with Crippen LogP contribution in [0.25, 0.3) is 0 Å². The Morgan fingerprint density at radius 2 is 1.95 bits per heavy atom. The lowest BCUT2D eigenvalue weighted by molar-refractivity contribution is 0.106. The van der Waals surface area contributed by atoms with Crippen molar-refractivity contribution in [2.75, 3.05) is 19.6 Å². The van der Waals surface area contributed by atoms with Gasteiger partial charge in [0.05, 0.1) is 5.69 Å². The molecule has 0 aromatic carbocycles. The Kier molecular flexibility index (Phi) is 5.44. The van der Waals surface area contributed by atoms with Crippen LogP contribution in [0.3, 0.4) is 0 Å². The van der Waals surface area contributed by atoms with Gasteiger partial charge in [0.25, 0.3) is 0 Å². The molecule has 4 nitrogen and oxygen atoms in total. The molecule has 0 aliphatic carbocycles. The van der Waals surface area contributed by atoms with E-state index in [0.29, 0.717) is 6.04 Å². The van der Waals surface area contributed by atoms with Crippen LogP contribution in [0, 0.1) is 6.92 Å². The van der Waals surface area contributed by atoms with Gasteiger partial charge in [-0.3, -0.25) is 9.58 Å². The second-order valence-corrected chi connectivity index (χ2v) is 6.76. The smallest absolute Gasteiger partial charge is 0.0596 e. The summed E-state index contributed by atoms with van der Waals surface area (Å²) in [5.41, 5.74) is 2.66. The van der Waals surface area contributed by atoms with E-state index in [2.05, 4.69) is 60.7 Å². The van der Waals surface area contributed by atoms with Gasteiger partial charge in [-0.1, -0.05) is 6.92 Å². The first-order chi connectivity index (χ1) is 9.98. The fourth-order valence-electron chi connectivity index (χ4n) is 3.58. The molecule has 1 aromatic heterocycles. The van der Waals surface area contributed by atoms with E-state index < -0.39 is 0 Å². The Bertz CT molecular complexity index is 444. The van der Waals surface area contributed by atoms with Crippen LogP contribution < -0.4 is 5.32 Å². The normalized spacial score (nSPS) is 18.3. The van der Waals surface area contributed by atoms with Crippen LogP contribution in [0.15, 0.2) is 6.07 Å². The number of nitrogens with zero attached hydrogens (tertiary/aromatic N) is 3. The number of hydrogen-bond acceptors (Lipinski definition) is 3. The van der Waals surface area contributed by atoms with Crippen molar-refractivity contribution < 1.29 is 0 Å². The van der Waals surface area contributed by atoms with E-state index in [1.165, 1.54) is 31.6 Å². The fourth-order valence-corrected chi connectivity index (χ4v) is 3.58. The van der Waals surface area contributed by atoms with E-state index >= 15 is 0 Å². The molecule has 1 unspecified atom stereocenters. The molecule has 4 heteroatoms. The molecule has 1 saturated heterocycles. The lowest BCUT2D eigenvalue weighted by Crippen LogP contribution is -2.58. The highest BCUT2D eigenvalue weighted by molar-refractivity contribution is 5.13. The van der Waals surface area contributed by atoms with E-state index in [1.807, 2.05) is 0 Å². The molecule has 1 atom stereocenters. The van der Waals surface area contributed by atoms with Crippen LogP contribution in [0.1, 0.15) is 51.9 Å². The van der Waals surface area contributed by atoms with Gasteiger partial charge >= 0.3 is 0 Å². The summed E-state index contributed by atoms with van der Waals surface area (Å²) in [6, 6.07) is 2.70. The lowest BCUT2D eigenvalue weighted by atomic mass is 9.89. The van der Waals surface area contributed by atoms with Crippen LogP contribution in [-0.2, 0) is 13.0 Å². The molecule has 0 radical (unpaired) electrons. The predicted octanol–water partition coefficient (Wildman–Crippen LogP) is 2.61. The van der Waals surface area contributed by atoms with Crippen LogP contribution in [0.2, 0.25) is 0 Å². The molecule has 1 aliphatic heterocycles. The van der Waals surface area contributed by atoms with Gasteiger partial charge in [0.1, 0.15) is 0 Å². The minimum absolute atomic E-state index is 0.184. The minimum atomic E-state index is 0.184. The zero-order valence-corrected chi connectivity index (χ0v) is 14.4. The zero-order valence-electron chi connectivity index (χ0n) is 14.4. The van der Waals surface area contributed by atoms with Crippen molar-refractivity contribution in [1.29, 1.82) is 0 Å². The van der Waals surface area contributed by atoms with E-state index in [9.17, 15) is 0 Å². The first-order valence-corrected chi connectivity index (χ1v) is 8.50. The molecule has 0 bridgehead atoms. The van der Waals surface area contributed by atoms with Crippen molar-refractivity contribution in [2.24, 2.45) is 0 Å². The topological polar surface area (TPSA) is 33.1 Å². The number of hydrogen-bond donors (Lipinski definition) is 1. The Balaban J connectivity index is 2.17. The summed E-state index contributed by atoms with van der Waals surface area (Å²) < 4.78 is 2.15. The van der Waals surface area contributed by atoms with E-state index in [0.717, 1.165) is 25.2 Å². The van der Waals surface area contributed by atoms with E-state index in [-0.39, 0.29) is 5.54 Å². The highest BCUT2D eigenvalue weighted by Crippen LogP contribution is 2.26. The average Bonchev–Trinajstić information content (AvgIpc) is 3.07. The first kappa shape index (κ1) is 16.5. The Hall–Kier alpha value is -0.870. The Morgan fingerprint density at radius 1 is 1.29 bits per heavy atom. The van der Waals surface area contributed by atoms with Crippen molar-refractivity contribution >= 4 is 0 Å². The molecule has 0 spiro atoms. The maximum atomic E-state index is 4.60. The molecule has 0 saturated carbocycles. The molecule has 1 aromatic rings. The van der Waals surface area contributed by atoms with Crippen LogP contribution in [0.5, 0.6) is 0 Å². The molecular weight excluding hydrogens is 260 g/mol. The van der Waals surface area contributed by atoms with Gasteiger partial charge in [-0.05, 0) is 66.2 Å². The van der Waals surface area contributed by atoms with Crippen molar-refractivity contribution in [3.8, 4) is 0 Å². The van der Waals surface area contributed by atoms with Crippen LogP contribution in [-0.4, -0.2) is 45.9 Å². The van der Waals surface area contributed by atoms with Crippen LogP contribution in [0.4, 0.5) is 0 Å². The minimum Gasteiger partial charge on any atom is -0.312 e. The highest BCUT2D eigenvalue weighted by atomic mass is 15.3. The highest BCUT2D eigenvalue weighted by Gasteiger charge is 2.36. The van der Waals surface area contributed by atoms with Crippen molar-refractivity contribution in [3.63, 3.8) is 0 Å². The lowest BCUT2D eigenvalue weighted by Gasteiger charge is -2.42. The molecule has 1 N–H and O–H groups in total. The molecule has 1 aliphatic rings. The predicted molar refractivity (Wildman–Crippen MR) is 88.7 cm³/mol. The number of aromatic nitrogens is 2. The molecule has 120 valence electrons. The van der Waals surface area contributed by atoms with E-state index in [4.69, 9.17) is 0 Å². The second-order valence-electron chi connectivity index (χ2n) is 6.76. The molecule has 2 rings (SSSR count). The van der Waals surface area contributed by atoms with Gasteiger partial charge in [0, 0.05) is 30.2 Å². The largest absolute Gasteiger partial charge is 0.312 e. The monoisotopic (exact) mass is 292 g/mol. The quantitative estimate of drug-likeness (QED) is 0.838. The maximum Gasteiger partial charge on any atom is 0.0596 e. The molecule has 1 fully saturated rings. The zero-order chi connectivity index (χ0) is 15.5. The molecular formula is C17H32N4. The summed E-state index contributed by atoms with van der Waals surface area (Å²) in [7, 11) is 0. The first-order valence-electron chi connectivity index (χ1n) is 8.50. The van der Waals surface area contributed by atoms with Gasteiger partial charge in [0.15, 0.2) is 0 Å². The van der Waals surface area contributed by atoms with E-state index in [1.54, 1.807) is 0 Å². The summed E-state index contributed by atoms with van der Waals surface area (Å²) >= 11 is 0. The third kappa shape index (κ3) is 3.67. The third-order valence-corrected chi connectivity index (χ3v) is 4.92. The van der Waals surface area contributed by atoms with Gasteiger partial charge in [-0.25, -0.2) is 0 Å². The van der Waals surface area contributed by atoms with Gasteiger partial charge in [-0.15, -0.1) is 0 Å². The Morgan fingerprint density at radius 3 is 2.52 bits per heavy atom. The molecule has 0 amide bonds. The fraction of sp³-hybridized carbons (Fsp3) is 0.824. The maximum absolute atomic E-state index is 4.60. The molecule has 2 heterocycles. The SMILES string of the molecule is CCNC(Cc1cc(C)nn1CC)C(C)(C)N1CCCC1. The summed E-state index contributed by atoms with van der Waals surface area (Å²) in [6.07, 6.45) is 3.73. The summed E-state index contributed by atoms with van der Waals surface area (Å²) in [5, 5.41) is 8.32. The van der Waals surface area contributed by atoms with Crippen molar-refractivity contribution in [2.45, 2.75) is 72.0 Å². The Labute approximate surface area is 129 Å². The third-order valence-electron chi connectivity index (χ3n) is 4.92. The van der Waals surface area contributed by atoms with Crippen molar-refractivity contribution in [1.82, 2.24) is 20.0 Å². The standard InChI is InChI=1S/C17H32N4/c1-6-18-16(17(4,5)20-10-8-9-11-20)13-15-12-14(3)19-21(15)7-2/h12,16,18H,6-11,13H2,1-5H3. The van der Waals surface area contributed by atoms with Crippen LogP contribution >= 0.6 is 0 Å². The van der Waals surface area contributed by atoms with Gasteiger partial charge in [0.2, 0.25) is 0 Å². The van der Waals surface area contributed by atoms with Gasteiger partial charge in [-0.2, -0.15) is 5.10 Å². The van der Waals surface area contributed by atoms with Crippen molar-refractivity contribution in [3.05, 3.63) is 17.5 Å². The molecule has 21 heavy (non-hydrogen) atoms. The number of likely N-dealkylation sites (N-methyl/N-ethyl adjacent to an activating group) is 1. The number of rotatable bonds is 7. The second kappa shape index (κ2) is 6.93. The summed E-state index contributed by atoms with van der Waals surface area (Å²) in [4.78, 5) is 2.65. The number of aryl methyl sites for hydroxylation is 2. The average molecular weight is 292 g/mol. The number of nitrogens with one attached hydrogen (secondary N) is 1. The summed E-state index contributed by atoms with van der Waals surface area (Å²) in [5.74, 6) is 0.